The summed E-state index contributed by atoms with van der Waals surface area (Å²) in [4.78, 5) is 15.4. The third-order valence-electron chi connectivity index (χ3n) is 0.834. The van der Waals surface area contributed by atoms with Gasteiger partial charge in [-0.1, -0.05) is 0 Å². The van der Waals surface area contributed by atoms with Gasteiger partial charge in [-0.2, -0.15) is 0 Å². The summed E-state index contributed by atoms with van der Waals surface area (Å²) in [5.41, 5.74) is 0. The van der Waals surface area contributed by atoms with Crippen molar-refractivity contribution in [3.05, 3.63) is 0 Å². The van der Waals surface area contributed by atoms with E-state index in [1.54, 1.807) is 7.05 Å². The lowest BCUT2D eigenvalue weighted by molar-refractivity contribution is 0.156. The fraction of sp³-hybridized carbons (Fsp3) is 0.500. The predicted molar refractivity (Wildman–Crippen MR) is 27.6 cm³/mol. The van der Waals surface area contributed by atoms with E-state index < -0.39 is 0 Å². The standard InChI is InChI=1S/C4H6N2O2/c1-6-2-5-3-8-4(6)7/h3H,2H2,1H3. The van der Waals surface area contributed by atoms with Crippen molar-refractivity contribution < 1.29 is 9.53 Å². The van der Waals surface area contributed by atoms with E-state index in [9.17, 15) is 4.79 Å². The molecule has 0 N–H and O–H groups in total. The molecule has 0 bridgehead atoms. The van der Waals surface area contributed by atoms with E-state index in [0.29, 0.717) is 6.67 Å². The molecule has 0 aromatic rings. The zero-order chi connectivity index (χ0) is 5.98. The molecule has 0 aromatic heterocycles. The van der Waals surface area contributed by atoms with Crippen LogP contribution in [-0.4, -0.2) is 31.1 Å². The van der Waals surface area contributed by atoms with Crippen LogP contribution in [0.25, 0.3) is 0 Å². The van der Waals surface area contributed by atoms with E-state index in [4.69, 9.17) is 0 Å². The smallest absolute Gasteiger partial charge is 0.398 e. The van der Waals surface area contributed by atoms with Crippen LogP contribution in [0.2, 0.25) is 0 Å². The number of ether oxygens (including phenoxy) is 1. The Morgan fingerprint density at radius 2 is 2.75 bits per heavy atom. The number of carbonyl (C=O) groups is 1. The predicted octanol–water partition coefficient (Wildman–Crippen LogP) is 0.0542. The fourth-order valence-corrected chi connectivity index (χ4v) is 0.386. The van der Waals surface area contributed by atoms with Crippen LogP contribution >= 0.6 is 0 Å². The van der Waals surface area contributed by atoms with Crippen LogP contribution in [-0.2, 0) is 4.74 Å². The average molecular weight is 114 g/mol. The molecule has 0 saturated carbocycles. The maximum absolute atomic E-state index is 10.4. The molecule has 0 aliphatic carbocycles. The van der Waals surface area contributed by atoms with Crippen molar-refractivity contribution in [1.82, 2.24) is 4.90 Å². The highest BCUT2D eigenvalue weighted by molar-refractivity contribution is 5.77. The van der Waals surface area contributed by atoms with E-state index in [1.807, 2.05) is 0 Å². The Labute approximate surface area is 46.8 Å². The molecule has 0 spiro atoms. The monoisotopic (exact) mass is 114 g/mol. The molecule has 0 radical (unpaired) electrons. The summed E-state index contributed by atoms with van der Waals surface area (Å²) < 4.78 is 4.39. The molecule has 1 amide bonds. The van der Waals surface area contributed by atoms with Gasteiger partial charge in [0.1, 0.15) is 6.67 Å². The number of hydrogen-bond acceptors (Lipinski definition) is 3. The van der Waals surface area contributed by atoms with Crippen molar-refractivity contribution >= 4 is 12.5 Å². The summed E-state index contributed by atoms with van der Waals surface area (Å²) in [6, 6.07) is 0. The van der Waals surface area contributed by atoms with Crippen LogP contribution in [0.4, 0.5) is 4.79 Å². The second-order valence-electron chi connectivity index (χ2n) is 1.51. The summed E-state index contributed by atoms with van der Waals surface area (Å²) in [5.74, 6) is 0. The minimum atomic E-state index is -0.347. The molecular weight excluding hydrogens is 108 g/mol. The molecule has 0 saturated heterocycles. The van der Waals surface area contributed by atoms with E-state index in [-0.39, 0.29) is 6.09 Å². The van der Waals surface area contributed by atoms with Crippen molar-refractivity contribution in [3.8, 4) is 0 Å². The van der Waals surface area contributed by atoms with Gasteiger partial charge in [0.05, 0.1) is 0 Å². The molecule has 0 atom stereocenters. The van der Waals surface area contributed by atoms with Crippen molar-refractivity contribution in [1.29, 1.82) is 0 Å². The lowest BCUT2D eigenvalue weighted by atomic mass is 10.8. The molecular formula is C4H6N2O2. The number of carbonyl (C=O) groups excluding carboxylic acids is 1. The van der Waals surface area contributed by atoms with Gasteiger partial charge in [-0.15, -0.1) is 0 Å². The van der Waals surface area contributed by atoms with Crippen molar-refractivity contribution in [2.45, 2.75) is 0 Å². The molecule has 44 valence electrons. The molecule has 0 aromatic carbocycles. The lowest BCUT2D eigenvalue weighted by Crippen LogP contribution is -2.30. The number of nitrogens with zero attached hydrogens (tertiary/aromatic N) is 2. The zero-order valence-electron chi connectivity index (χ0n) is 4.50. The first-order valence-electron chi connectivity index (χ1n) is 2.21. The Bertz CT molecular complexity index is 132. The molecule has 1 rings (SSSR count). The van der Waals surface area contributed by atoms with Crippen LogP contribution < -0.4 is 0 Å². The summed E-state index contributed by atoms with van der Waals surface area (Å²) in [7, 11) is 1.62. The van der Waals surface area contributed by atoms with Gasteiger partial charge in [0.2, 0.25) is 0 Å². The number of cyclic esters (lactones) is 1. The topological polar surface area (TPSA) is 41.9 Å². The zero-order valence-corrected chi connectivity index (χ0v) is 4.50. The minimum Gasteiger partial charge on any atom is -0.398 e. The van der Waals surface area contributed by atoms with Crippen molar-refractivity contribution in [3.63, 3.8) is 0 Å². The Hall–Kier alpha value is -1.06. The molecule has 8 heavy (non-hydrogen) atoms. The van der Waals surface area contributed by atoms with Gasteiger partial charge in [-0.3, -0.25) is 4.90 Å². The molecule has 0 unspecified atom stereocenters. The normalized spacial score (nSPS) is 18.6. The fourth-order valence-electron chi connectivity index (χ4n) is 0.386. The maximum atomic E-state index is 10.4. The first-order valence-corrected chi connectivity index (χ1v) is 2.21. The summed E-state index contributed by atoms with van der Waals surface area (Å²) in [5, 5.41) is 0. The Balaban J connectivity index is 2.57. The Kier molecular flexibility index (Phi) is 1.15. The SMILES string of the molecule is CN1CN=COC1=O. The number of amides is 1. The molecule has 1 aliphatic heterocycles. The van der Waals surface area contributed by atoms with Crippen molar-refractivity contribution in [2.24, 2.45) is 4.99 Å². The van der Waals surface area contributed by atoms with Crippen LogP contribution in [0.1, 0.15) is 0 Å². The number of aliphatic imine (C=N–C) groups is 1. The molecule has 0 fully saturated rings. The third kappa shape index (κ3) is 0.776. The summed E-state index contributed by atoms with van der Waals surface area (Å²) in [6.45, 7) is 0.402. The van der Waals surface area contributed by atoms with Gasteiger partial charge in [-0.25, -0.2) is 9.79 Å². The van der Waals surface area contributed by atoms with Crippen LogP contribution in [0.3, 0.4) is 0 Å². The summed E-state index contributed by atoms with van der Waals surface area (Å²) in [6.07, 6.45) is 0.808. The molecule has 4 nitrogen and oxygen atoms in total. The highest BCUT2D eigenvalue weighted by Gasteiger charge is 2.10. The van der Waals surface area contributed by atoms with Gasteiger partial charge >= 0.3 is 6.09 Å². The quantitative estimate of drug-likeness (QED) is 0.446. The van der Waals surface area contributed by atoms with E-state index >= 15 is 0 Å². The Morgan fingerprint density at radius 3 is 3.12 bits per heavy atom. The average Bonchev–Trinajstić information content (AvgIpc) is 1.77. The first-order chi connectivity index (χ1) is 3.80. The highest BCUT2D eigenvalue weighted by atomic mass is 16.6. The first kappa shape index (κ1) is 5.08. The maximum Gasteiger partial charge on any atom is 0.417 e. The van der Waals surface area contributed by atoms with Gasteiger partial charge in [0.25, 0.3) is 0 Å². The van der Waals surface area contributed by atoms with Gasteiger partial charge in [0.15, 0.2) is 6.40 Å². The number of hydrogen-bond donors (Lipinski definition) is 0. The van der Waals surface area contributed by atoms with E-state index in [1.165, 1.54) is 4.90 Å². The van der Waals surface area contributed by atoms with Crippen LogP contribution in [0.15, 0.2) is 4.99 Å². The van der Waals surface area contributed by atoms with Gasteiger partial charge < -0.3 is 4.74 Å². The highest BCUT2D eigenvalue weighted by Crippen LogP contribution is 1.92. The Morgan fingerprint density at radius 1 is 2.00 bits per heavy atom. The van der Waals surface area contributed by atoms with Crippen molar-refractivity contribution in [2.75, 3.05) is 13.7 Å². The number of rotatable bonds is 0. The molecule has 1 heterocycles. The third-order valence-corrected chi connectivity index (χ3v) is 0.834. The van der Waals surface area contributed by atoms with Crippen LogP contribution in [0.5, 0.6) is 0 Å². The molecule has 1 aliphatic rings. The van der Waals surface area contributed by atoms with E-state index in [2.05, 4.69) is 9.73 Å². The minimum absolute atomic E-state index is 0.347. The van der Waals surface area contributed by atoms with E-state index in [0.717, 1.165) is 6.40 Å². The largest absolute Gasteiger partial charge is 0.417 e. The second-order valence-corrected chi connectivity index (χ2v) is 1.51. The van der Waals surface area contributed by atoms with Gasteiger partial charge in [0, 0.05) is 7.05 Å². The lowest BCUT2D eigenvalue weighted by Gasteiger charge is -2.15. The van der Waals surface area contributed by atoms with Gasteiger partial charge in [-0.05, 0) is 0 Å². The molecule has 4 heteroatoms. The second kappa shape index (κ2) is 1.81. The summed E-state index contributed by atoms with van der Waals surface area (Å²) >= 11 is 0. The van der Waals surface area contributed by atoms with Crippen LogP contribution in [0, 0.1) is 0 Å².